The molecule has 0 amide bonds. The number of benzene rings is 5. The van der Waals surface area contributed by atoms with E-state index in [1.807, 2.05) is 34.9 Å². The van der Waals surface area contributed by atoms with Crippen molar-refractivity contribution in [2.45, 2.75) is 6.92 Å². The zero-order valence-corrected chi connectivity index (χ0v) is 17.8. The standard InChI is InChI=1S/C29H18F2N2/c1-17-23(30)15-21(16-24(17)31)33-25-9-5-6-18-10-11-22-28(27(18)25)26(33)14-19-12-13-32(29(19)22)20-7-3-2-4-8-20/h2-16H,1H3. The number of hydrogen-bond donors (Lipinski definition) is 0. The fourth-order valence-electron chi connectivity index (χ4n) is 5.23. The highest BCUT2D eigenvalue weighted by Gasteiger charge is 2.21. The number of nitrogens with zero attached hydrogens (tertiary/aromatic N) is 2. The van der Waals surface area contributed by atoms with Gasteiger partial charge in [0.15, 0.2) is 0 Å². The smallest absolute Gasteiger partial charge is 0.131 e. The molecule has 2 aromatic heterocycles. The first kappa shape index (κ1) is 18.4. The van der Waals surface area contributed by atoms with Crippen molar-refractivity contribution in [3.8, 4) is 11.4 Å². The van der Waals surface area contributed by atoms with Gasteiger partial charge in [0.05, 0.1) is 22.2 Å². The van der Waals surface area contributed by atoms with Gasteiger partial charge in [0.2, 0.25) is 0 Å². The Bertz CT molecular complexity index is 1820. The highest BCUT2D eigenvalue weighted by molar-refractivity contribution is 6.29. The molecule has 0 spiro atoms. The average molecular weight is 432 g/mol. The second-order valence-corrected chi connectivity index (χ2v) is 8.59. The van der Waals surface area contributed by atoms with Crippen LogP contribution in [0.1, 0.15) is 5.56 Å². The summed E-state index contributed by atoms with van der Waals surface area (Å²) in [6, 6.07) is 27.7. The summed E-state index contributed by atoms with van der Waals surface area (Å²) in [5.74, 6) is -1.08. The van der Waals surface area contributed by atoms with E-state index in [4.69, 9.17) is 0 Å². The summed E-state index contributed by atoms with van der Waals surface area (Å²) in [6.07, 6.45) is 2.08. The average Bonchev–Trinajstić information content (AvgIpc) is 3.41. The summed E-state index contributed by atoms with van der Waals surface area (Å²) in [7, 11) is 0. The lowest BCUT2D eigenvalue weighted by molar-refractivity contribution is 0.567. The number of para-hydroxylation sites is 1. The van der Waals surface area contributed by atoms with Crippen molar-refractivity contribution in [3.05, 3.63) is 108 Å². The zero-order chi connectivity index (χ0) is 22.3. The molecule has 158 valence electrons. The van der Waals surface area contributed by atoms with Gasteiger partial charge in [0.25, 0.3) is 0 Å². The van der Waals surface area contributed by atoms with Crippen molar-refractivity contribution in [1.82, 2.24) is 9.13 Å². The van der Waals surface area contributed by atoms with Gasteiger partial charge < -0.3 is 9.13 Å². The summed E-state index contributed by atoms with van der Waals surface area (Å²) in [6.45, 7) is 1.46. The molecule has 33 heavy (non-hydrogen) atoms. The van der Waals surface area contributed by atoms with Crippen LogP contribution < -0.4 is 0 Å². The van der Waals surface area contributed by atoms with Gasteiger partial charge in [-0.05, 0) is 54.8 Å². The Labute approximate surface area is 188 Å². The van der Waals surface area contributed by atoms with Crippen LogP contribution in [0.5, 0.6) is 0 Å². The summed E-state index contributed by atoms with van der Waals surface area (Å²) < 4.78 is 33.3. The molecule has 0 unspecified atom stereocenters. The van der Waals surface area contributed by atoms with Gasteiger partial charge in [-0.1, -0.05) is 42.5 Å². The maximum absolute atomic E-state index is 14.6. The lowest BCUT2D eigenvalue weighted by atomic mass is 10.0. The Morgan fingerprint density at radius 1 is 0.636 bits per heavy atom. The SMILES string of the molecule is Cc1c(F)cc(-n2c3cccc4ccc5c(c43)c2cc2ccn(-c3ccccc3)c25)cc1F. The molecule has 0 aliphatic carbocycles. The minimum atomic E-state index is -0.541. The third-order valence-electron chi connectivity index (χ3n) is 6.78. The number of halogens is 2. The second kappa shape index (κ2) is 6.42. The zero-order valence-electron chi connectivity index (χ0n) is 17.8. The van der Waals surface area contributed by atoms with Crippen LogP contribution in [-0.2, 0) is 0 Å². The van der Waals surface area contributed by atoms with Crippen molar-refractivity contribution in [2.75, 3.05) is 0 Å². The quantitative estimate of drug-likeness (QED) is 0.246. The van der Waals surface area contributed by atoms with E-state index in [1.165, 1.54) is 19.1 Å². The molecule has 2 nitrogen and oxygen atoms in total. The van der Waals surface area contributed by atoms with Crippen molar-refractivity contribution >= 4 is 43.5 Å². The van der Waals surface area contributed by atoms with Crippen LogP contribution in [0, 0.1) is 18.6 Å². The third kappa shape index (κ3) is 2.40. The van der Waals surface area contributed by atoms with Crippen LogP contribution in [0.3, 0.4) is 0 Å². The summed E-state index contributed by atoms with van der Waals surface area (Å²) in [5.41, 5.74) is 4.62. The van der Waals surface area contributed by atoms with Crippen LogP contribution in [0.2, 0.25) is 0 Å². The Morgan fingerprint density at radius 3 is 2.21 bits per heavy atom. The second-order valence-electron chi connectivity index (χ2n) is 8.59. The van der Waals surface area contributed by atoms with Crippen molar-refractivity contribution < 1.29 is 8.78 Å². The molecule has 2 heterocycles. The van der Waals surface area contributed by atoms with E-state index >= 15 is 0 Å². The van der Waals surface area contributed by atoms with Gasteiger partial charge in [0, 0.05) is 39.0 Å². The molecule has 0 saturated carbocycles. The molecule has 0 radical (unpaired) electrons. The maximum atomic E-state index is 14.6. The van der Waals surface area contributed by atoms with E-state index in [-0.39, 0.29) is 5.56 Å². The van der Waals surface area contributed by atoms with Crippen molar-refractivity contribution in [2.24, 2.45) is 0 Å². The van der Waals surface area contributed by atoms with E-state index in [0.29, 0.717) is 5.69 Å². The molecular weight excluding hydrogens is 414 g/mol. The van der Waals surface area contributed by atoms with Gasteiger partial charge in [-0.2, -0.15) is 0 Å². The first-order valence-electron chi connectivity index (χ1n) is 10.9. The molecule has 0 N–H and O–H groups in total. The molecule has 0 fully saturated rings. The molecule has 4 heteroatoms. The van der Waals surface area contributed by atoms with Gasteiger partial charge in [0.1, 0.15) is 11.6 Å². The van der Waals surface area contributed by atoms with Crippen LogP contribution in [0.4, 0.5) is 8.78 Å². The lowest BCUT2D eigenvalue weighted by Crippen LogP contribution is -1.98. The molecule has 0 atom stereocenters. The Morgan fingerprint density at radius 2 is 1.42 bits per heavy atom. The summed E-state index contributed by atoms with van der Waals surface area (Å²) >= 11 is 0. The Hall–Kier alpha value is -4.18. The van der Waals surface area contributed by atoms with Gasteiger partial charge in [-0.3, -0.25) is 0 Å². The molecule has 7 rings (SSSR count). The highest BCUT2D eigenvalue weighted by atomic mass is 19.1. The molecule has 7 aromatic rings. The van der Waals surface area contributed by atoms with Gasteiger partial charge in [-0.15, -0.1) is 0 Å². The molecule has 0 bridgehead atoms. The van der Waals surface area contributed by atoms with Crippen LogP contribution in [0.25, 0.3) is 54.9 Å². The molecule has 0 aliphatic heterocycles. The fourth-order valence-corrected chi connectivity index (χ4v) is 5.23. The van der Waals surface area contributed by atoms with Crippen LogP contribution in [0.15, 0.2) is 91.1 Å². The number of aromatic nitrogens is 2. The monoisotopic (exact) mass is 432 g/mol. The number of rotatable bonds is 2. The third-order valence-corrected chi connectivity index (χ3v) is 6.78. The number of hydrogen-bond acceptors (Lipinski definition) is 0. The van der Waals surface area contributed by atoms with Crippen LogP contribution in [-0.4, -0.2) is 9.13 Å². The molecular formula is C29H18F2N2. The largest absolute Gasteiger partial charge is 0.316 e. The first-order valence-corrected chi connectivity index (χ1v) is 10.9. The molecule has 5 aromatic carbocycles. The Balaban J connectivity index is 1.68. The lowest BCUT2D eigenvalue weighted by Gasteiger charge is -2.11. The van der Waals surface area contributed by atoms with E-state index in [0.717, 1.165) is 49.2 Å². The van der Waals surface area contributed by atoms with E-state index < -0.39 is 11.6 Å². The highest BCUT2D eigenvalue weighted by Crippen LogP contribution is 2.42. The van der Waals surface area contributed by atoms with Crippen molar-refractivity contribution in [1.29, 1.82) is 0 Å². The predicted octanol–water partition coefficient (Wildman–Crippen LogP) is 7.91. The molecule has 0 aliphatic rings. The molecule has 0 saturated heterocycles. The van der Waals surface area contributed by atoms with Crippen LogP contribution >= 0.6 is 0 Å². The fraction of sp³-hybridized carbons (Fsp3) is 0.0345. The van der Waals surface area contributed by atoms with E-state index in [1.54, 1.807) is 0 Å². The van der Waals surface area contributed by atoms with Gasteiger partial charge >= 0.3 is 0 Å². The predicted molar refractivity (Wildman–Crippen MR) is 131 cm³/mol. The summed E-state index contributed by atoms with van der Waals surface area (Å²) in [4.78, 5) is 0. The minimum Gasteiger partial charge on any atom is -0.316 e. The maximum Gasteiger partial charge on any atom is 0.131 e. The van der Waals surface area contributed by atoms with Gasteiger partial charge in [-0.25, -0.2) is 8.78 Å². The topological polar surface area (TPSA) is 9.86 Å². The number of fused-ring (bicyclic) bond motifs is 2. The summed E-state index contributed by atoms with van der Waals surface area (Å²) in [5, 5.41) is 5.51. The first-order chi connectivity index (χ1) is 16.1. The Kier molecular flexibility index (Phi) is 3.58. The van der Waals surface area contributed by atoms with E-state index in [9.17, 15) is 8.78 Å². The minimum absolute atomic E-state index is 0.0363. The van der Waals surface area contributed by atoms with Crippen molar-refractivity contribution in [3.63, 3.8) is 0 Å². The van der Waals surface area contributed by atoms with E-state index in [2.05, 4.69) is 53.2 Å². The normalized spacial score (nSPS) is 12.1.